The molecule has 0 fully saturated rings. The van der Waals surface area contributed by atoms with E-state index in [0.717, 1.165) is 0 Å². The van der Waals surface area contributed by atoms with Gasteiger partial charge < -0.3 is 79.6 Å². The zero-order chi connectivity index (χ0) is 55.0. The fourth-order valence-corrected chi connectivity index (χ4v) is 17.1. The van der Waals surface area contributed by atoms with Crippen molar-refractivity contribution >= 4 is 80.6 Å². The van der Waals surface area contributed by atoms with Gasteiger partial charge in [0.15, 0.2) is 0 Å². The summed E-state index contributed by atoms with van der Waals surface area (Å²) in [7, 11) is -3.81. The van der Waals surface area contributed by atoms with E-state index in [9.17, 15) is 20.4 Å². The van der Waals surface area contributed by atoms with Crippen LogP contribution in [-0.2, 0) is 16.5 Å². The molecule has 0 spiro atoms. The Morgan fingerprint density at radius 2 is 0.360 bits per heavy atom. The molecule has 18 N–H and O–H groups in total. The molecule has 86 heavy (non-hydrogen) atoms. The van der Waals surface area contributed by atoms with Crippen molar-refractivity contribution in [3.05, 3.63) is 302 Å². The summed E-state index contributed by atoms with van der Waals surface area (Å²) in [6, 6.07) is 95.4. The van der Waals surface area contributed by atoms with Crippen molar-refractivity contribution in [2.45, 2.75) is 0 Å². The maximum absolute atomic E-state index is 10.8. The van der Waals surface area contributed by atoms with Gasteiger partial charge in [-0.3, -0.25) is 0 Å². The molecule has 0 aliphatic heterocycles. The molecule has 10 rings (SSSR count). The van der Waals surface area contributed by atoms with Crippen LogP contribution >= 0.6 is 14.5 Å². The predicted molar refractivity (Wildman–Crippen MR) is 330 cm³/mol. The topological polar surface area (TPSA) is 469 Å². The quantitative estimate of drug-likeness (QED) is 0.0288. The van der Waals surface area contributed by atoms with Crippen LogP contribution in [0.3, 0.4) is 0 Å². The number of hydrogen-bond acceptors (Lipinski definition) is 14. The van der Waals surface area contributed by atoms with Crippen molar-refractivity contribution in [1.82, 2.24) is 9.97 Å². The van der Waals surface area contributed by atoms with E-state index in [-0.39, 0.29) is 77.6 Å². The number of benzene rings is 8. The van der Waals surface area contributed by atoms with Crippen molar-refractivity contribution < 1.29 is 96.1 Å². The van der Waals surface area contributed by atoms with Crippen LogP contribution in [0, 0.1) is 0 Å². The minimum absolute atomic E-state index is 0. The van der Waals surface area contributed by atoms with Crippen molar-refractivity contribution in [1.29, 1.82) is 0 Å². The van der Waals surface area contributed by atoms with Gasteiger partial charge in [-0.1, -0.05) is 158 Å². The first kappa shape index (κ1) is 78.3. The molecule has 0 amide bonds. The SMILES string of the molecule is O.O.O.O.O.O.O.[Ni+2].[O-]/C(=N\O)c1cccc(/C([O-])=N/O)n1.[O-]/C(=N\O)c1cccc(/C([O-])=N/O)n1.c1ccc([P+](c2ccccc2)(c2ccccc2)c2ccccc2)cc1.c1ccc([P+](c2ccccc2)(c2ccccc2)c2ccccc2)cc1. The molecule has 10 aromatic rings. The summed E-state index contributed by atoms with van der Waals surface area (Å²) in [5, 5.41) is 96.4. The van der Waals surface area contributed by atoms with E-state index < -0.39 is 38.1 Å². The Bertz CT molecular complexity index is 2940. The summed E-state index contributed by atoms with van der Waals surface area (Å²) in [4.78, 5) is 7.02. The molecule has 0 radical (unpaired) electrons. The van der Waals surface area contributed by atoms with Crippen molar-refractivity contribution in [2.75, 3.05) is 0 Å². The Kier molecular flexibility index (Phi) is 36.1. The van der Waals surface area contributed by atoms with Crippen LogP contribution in [0.2, 0.25) is 0 Å². The van der Waals surface area contributed by atoms with E-state index in [0.29, 0.717) is 0 Å². The summed E-state index contributed by atoms with van der Waals surface area (Å²) in [5.74, 6) is -3.90. The molecule has 0 saturated heterocycles. The van der Waals surface area contributed by atoms with Crippen LogP contribution in [0.4, 0.5) is 0 Å². The second-order valence-electron chi connectivity index (χ2n) is 16.5. The third-order valence-electron chi connectivity index (χ3n) is 11.9. The van der Waals surface area contributed by atoms with Gasteiger partial charge >= 0.3 is 16.5 Å². The van der Waals surface area contributed by atoms with Gasteiger partial charge in [-0.2, -0.15) is 0 Å². The van der Waals surface area contributed by atoms with Gasteiger partial charge in [-0.25, -0.2) is 9.97 Å². The molecule has 0 atom stereocenters. The van der Waals surface area contributed by atoms with Gasteiger partial charge in [0.2, 0.25) is 0 Å². The van der Waals surface area contributed by atoms with E-state index in [1.165, 1.54) is 78.8 Å². The first-order valence-electron chi connectivity index (χ1n) is 24.0. The molecule has 0 saturated carbocycles. The molecule has 8 aromatic carbocycles. The largest absolute Gasteiger partial charge is 2.00 e. The van der Waals surface area contributed by atoms with E-state index in [1.807, 2.05) is 0 Å². The standard InChI is InChI=1S/2C24H20P.2C7H7N3O4.Ni.7H2O/c2*1-5-13-21(14-6-1)25(22-15-7-2-8-16-22,23-17-9-3-10-18-23)24-19-11-4-12-20-24;2*11-6(9-13)4-2-1-3-5(8-4)7(12)10-14;;;;;;;;/h2*1-20H;2*1-3,13-14H,(H,9,11)(H,10,12);;7*1H2/q2*+1;;;+2;;;;;;;/p-4. The number of oxime groups is 4. The summed E-state index contributed by atoms with van der Waals surface area (Å²) in [5.41, 5.74) is -0.826. The third-order valence-corrected chi connectivity index (χ3v) is 20.5. The molecular formula is C62H64N6NiO15P2. The van der Waals surface area contributed by atoms with E-state index in [4.69, 9.17) is 20.8 Å². The molecule has 2 aromatic heterocycles. The van der Waals surface area contributed by atoms with Crippen molar-refractivity contribution in [3.8, 4) is 0 Å². The molecule has 0 bridgehead atoms. The smallest absolute Gasteiger partial charge is 0.855 e. The molecule has 2 heterocycles. The fourth-order valence-electron chi connectivity index (χ4n) is 8.55. The first-order chi connectivity index (χ1) is 38.2. The van der Waals surface area contributed by atoms with Crippen molar-refractivity contribution in [3.63, 3.8) is 0 Å². The minimum Gasteiger partial charge on any atom is -0.855 e. The number of hydrogen-bond donors (Lipinski definition) is 4. The molecule has 0 aliphatic carbocycles. The summed E-state index contributed by atoms with van der Waals surface area (Å²) in [6.07, 6.45) is 0. The van der Waals surface area contributed by atoms with E-state index in [2.05, 4.69) is 273 Å². The Hall–Kier alpha value is -9.79. The Morgan fingerprint density at radius 3 is 0.477 bits per heavy atom. The molecule has 452 valence electrons. The number of nitrogens with zero attached hydrogens (tertiary/aromatic N) is 6. The van der Waals surface area contributed by atoms with Gasteiger partial charge in [-0.15, -0.1) is 20.6 Å². The second-order valence-corrected chi connectivity index (χ2v) is 23.3. The zero-order valence-electron chi connectivity index (χ0n) is 45.4. The van der Waals surface area contributed by atoms with Gasteiger partial charge in [0, 0.05) is 0 Å². The second kappa shape index (κ2) is 39.7. The molecule has 21 nitrogen and oxygen atoms in total. The summed E-state index contributed by atoms with van der Waals surface area (Å²) in [6.45, 7) is 0. The summed E-state index contributed by atoms with van der Waals surface area (Å²) >= 11 is 0. The van der Waals surface area contributed by atoms with Gasteiger partial charge in [0.1, 0.15) is 57.0 Å². The fraction of sp³-hybridized carbons (Fsp3) is 0. The van der Waals surface area contributed by atoms with E-state index in [1.54, 1.807) is 0 Å². The van der Waals surface area contributed by atoms with Crippen LogP contribution in [0.5, 0.6) is 0 Å². The zero-order valence-corrected chi connectivity index (χ0v) is 48.2. The molecule has 0 aliphatic rings. The van der Waals surface area contributed by atoms with Crippen LogP contribution in [0.25, 0.3) is 0 Å². The number of aromatic nitrogens is 2. The van der Waals surface area contributed by atoms with Crippen LogP contribution in [-0.4, -0.2) is 92.7 Å². The predicted octanol–water partition coefficient (Wildman–Crippen LogP) is -1.02. The normalized spacial score (nSPS) is 10.7. The Labute approximate surface area is 506 Å². The maximum atomic E-state index is 10.8. The minimum atomic E-state index is -1.91. The molecular weight excluding hydrogens is 1190 g/mol. The average Bonchev–Trinajstić information content (AvgIpc) is 1.51. The molecule has 24 heteroatoms. The monoisotopic (exact) mass is 1250 g/mol. The maximum Gasteiger partial charge on any atom is 2.00 e. The first-order valence-corrected chi connectivity index (χ1v) is 27.5. The van der Waals surface area contributed by atoms with Gasteiger partial charge in [0.05, 0.1) is 46.4 Å². The van der Waals surface area contributed by atoms with Crippen molar-refractivity contribution in [2.24, 2.45) is 20.6 Å². The van der Waals surface area contributed by atoms with Crippen LogP contribution < -0.4 is 62.9 Å². The summed E-state index contributed by atoms with van der Waals surface area (Å²) < 4.78 is 0. The molecule has 0 unspecified atom stereocenters. The average molecular weight is 1250 g/mol. The Morgan fingerprint density at radius 1 is 0.233 bits per heavy atom. The van der Waals surface area contributed by atoms with Crippen LogP contribution in [0.1, 0.15) is 22.8 Å². The van der Waals surface area contributed by atoms with Crippen LogP contribution in [0.15, 0.2) is 300 Å². The Balaban J connectivity index is 0. The van der Waals surface area contributed by atoms with E-state index >= 15 is 0 Å². The van der Waals surface area contributed by atoms with Gasteiger partial charge in [-0.05, 0) is 121 Å². The number of rotatable bonds is 12. The number of pyridine rings is 2. The van der Waals surface area contributed by atoms with Gasteiger partial charge in [0.25, 0.3) is 0 Å². The third kappa shape index (κ3) is 18.6.